The molecule has 3 heteroatoms. The molecule has 0 spiro atoms. The highest BCUT2D eigenvalue weighted by Crippen LogP contribution is 2.28. The number of nitrogens with zero attached hydrogens (tertiary/aromatic N) is 2. The molecule has 0 N–H and O–H groups in total. The van der Waals surface area contributed by atoms with Gasteiger partial charge in [-0.15, -0.1) is 0 Å². The maximum atomic E-state index is 6.35. The number of aromatic nitrogens is 1. The van der Waals surface area contributed by atoms with Crippen molar-refractivity contribution in [2.45, 2.75) is 32.6 Å². The van der Waals surface area contributed by atoms with Gasteiger partial charge in [-0.2, -0.15) is 0 Å². The summed E-state index contributed by atoms with van der Waals surface area (Å²) in [4.78, 5) is 6.60. The first-order valence-corrected chi connectivity index (χ1v) is 8.04. The molecule has 3 rings (SSSR count). The van der Waals surface area contributed by atoms with Gasteiger partial charge in [0.05, 0.1) is 12.2 Å². The van der Waals surface area contributed by atoms with Gasteiger partial charge in [0.2, 0.25) is 0 Å². The number of morpholine rings is 1. The Morgan fingerprint density at radius 2 is 1.82 bits per heavy atom. The first-order valence-electron chi connectivity index (χ1n) is 8.04. The van der Waals surface area contributed by atoms with E-state index < -0.39 is 0 Å². The van der Waals surface area contributed by atoms with Gasteiger partial charge in [0, 0.05) is 32.0 Å². The molecule has 2 atom stereocenters. The van der Waals surface area contributed by atoms with Crippen LogP contribution in [0.2, 0.25) is 0 Å². The van der Waals surface area contributed by atoms with Crippen LogP contribution in [-0.2, 0) is 11.3 Å². The lowest BCUT2D eigenvalue weighted by Gasteiger charge is -2.40. The number of ether oxygens (including phenoxy) is 1. The second kappa shape index (κ2) is 7.03. The van der Waals surface area contributed by atoms with Gasteiger partial charge in [0.15, 0.2) is 0 Å². The van der Waals surface area contributed by atoms with Gasteiger partial charge >= 0.3 is 0 Å². The molecule has 1 aromatic carbocycles. The first kappa shape index (κ1) is 15.2. The molecule has 0 saturated carbocycles. The Morgan fingerprint density at radius 1 is 1.09 bits per heavy atom. The highest BCUT2D eigenvalue weighted by Gasteiger charge is 2.30. The summed E-state index contributed by atoms with van der Waals surface area (Å²) in [6, 6.07) is 14.8. The average molecular weight is 296 g/mol. The van der Waals surface area contributed by atoms with Crippen molar-refractivity contribution in [2.24, 2.45) is 5.92 Å². The minimum absolute atomic E-state index is 0.157. The Bertz CT molecular complexity index is 571. The molecule has 0 bridgehead atoms. The molecular formula is C19H24N2O. The van der Waals surface area contributed by atoms with Crippen molar-refractivity contribution in [3.8, 4) is 0 Å². The topological polar surface area (TPSA) is 25.4 Å². The molecule has 116 valence electrons. The SMILES string of the molecule is CC(C)[C@H]1CN(Cc2ccncc2)C[C@@H](c2ccccc2)O1. The zero-order valence-electron chi connectivity index (χ0n) is 13.4. The lowest BCUT2D eigenvalue weighted by molar-refractivity contribution is -0.107. The molecule has 0 amide bonds. The van der Waals surface area contributed by atoms with Crippen molar-refractivity contribution in [3.05, 3.63) is 66.0 Å². The number of rotatable bonds is 4. The lowest BCUT2D eigenvalue weighted by atomic mass is 10.0. The Kier molecular flexibility index (Phi) is 4.86. The Balaban J connectivity index is 1.75. The number of hydrogen-bond acceptors (Lipinski definition) is 3. The molecule has 1 saturated heterocycles. The van der Waals surface area contributed by atoms with E-state index in [2.05, 4.69) is 66.2 Å². The van der Waals surface area contributed by atoms with E-state index in [-0.39, 0.29) is 12.2 Å². The second-order valence-electron chi connectivity index (χ2n) is 6.37. The van der Waals surface area contributed by atoms with E-state index in [4.69, 9.17) is 4.74 Å². The van der Waals surface area contributed by atoms with E-state index in [9.17, 15) is 0 Å². The van der Waals surface area contributed by atoms with Crippen LogP contribution in [0.5, 0.6) is 0 Å². The van der Waals surface area contributed by atoms with Crippen LogP contribution in [0.25, 0.3) is 0 Å². The third kappa shape index (κ3) is 3.73. The van der Waals surface area contributed by atoms with Crippen molar-refractivity contribution in [2.75, 3.05) is 13.1 Å². The molecule has 1 aromatic heterocycles. The monoisotopic (exact) mass is 296 g/mol. The molecule has 0 radical (unpaired) electrons. The zero-order valence-corrected chi connectivity index (χ0v) is 13.4. The summed E-state index contributed by atoms with van der Waals surface area (Å²) < 4.78 is 6.35. The van der Waals surface area contributed by atoms with E-state index in [1.165, 1.54) is 11.1 Å². The molecule has 1 aliphatic rings. The molecule has 22 heavy (non-hydrogen) atoms. The molecule has 3 nitrogen and oxygen atoms in total. The van der Waals surface area contributed by atoms with Crippen LogP contribution in [-0.4, -0.2) is 29.1 Å². The smallest absolute Gasteiger partial charge is 0.0956 e. The van der Waals surface area contributed by atoms with Crippen LogP contribution in [0.1, 0.15) is 31.1 Å². The highest BCUT2D eigenvalue weighted by molar-refractivity contribution is 5.19. The molecule has 1 fully saturated rings. The summed E-state index contributed by atoms with van der Waals surface area (Å²) in [5.41, 5.74) is 2.58. The number of benzene rings is 1. The van der Waals surface area contributed by atoms with Crippen molar-refractivity contribution >= 4 is 0 Å². The maximum Gasteiger partial charge on any atom is 0.0956 e. The summed E-state index contributed by atoms with van der Waals surface area (Å²) in [5.74, 6) is 0.520. The second-order valence-corrected chi connectivity index (χ2v) is 6.37. The van der Waals surface area contributed by atoms with Gasteiger partial charge in [0.1, 0.15) is 0 Å². The summed E-state index contributed by atoms with van der Waals surface area (Å²) in [5, 5.41) is 0. The lowest BCUT2D eigenvalue weighted by Crippen LogP contribution is -2.45. The normalized spacial score (nSPS) is 22.9. The van der Waals surface area contributed by atoms with Gasteiger partial charge in [-0.25, -0.2) is 0 Å². The zero-order chi connectivity index (χ0) is 15.4. The van der Waals surface area contributed by atoms with E-state index >= 15 is 0 Å². The summed E-state index contributed by atoms with van der Waals surface area (Å²) in [6.45, 7) is 7.36. The number of hydrogen-bond donors (Lipinski definition) is 0. The van der Waals surface area contributed by atoms with Crippen LogP contribution in [0.4, 0.5) is 0 Å². The fraction of sp³-hybridized carbons (Fsp3) is 0.421. The van der Waals surface area contributed by atoms with Crippen LogP contribution in [0.15, 0.2) is 54.9 Å². The Hall–Kier alpha value is -1.71. The van der Waals surface area contributed by atoms with Crippen LogP contribution in [0, 0.1) is 5.92 Å². The van der Waals surface area contributed by atoms with Crippen LogP contribution < -0.4 is 0 Å². The minimum Gasteiger partial charge on any atom is -0.367 e. The van der Waals surface area contributed by atoms with Gasteiger partial charge in [-0.1, -0.05) is 44.2 Å². The standard InChI is InChI=1S/C19H24N2O/c1-15(2)18-13-21(12-16-8-10-20-11-9-16)14-19(22-18)17-6-4-3-5-7-17/h3-11,15,18-19H,12-14H2,1-2H3/t18-,19+/m1/s1. The van der Waals surface area contributed by atoms with Crippen molar-refractivity contribution in [1.82, 2.24) is 9.88 Å². The van der Waals surface area contributed by atoms with Crippen molar-refractivity contribution < 1.29 is 4.74 Å². The summed E-state index contributed by atoms with van der Waals surface area (Å²) >= 11 is 0. The van der Waals surface area contributed by atoms with Gasteiger partial charge < -0.3 is 4.74 Å². The van der Waals surface area contributed by atoms with Crippen LogP contribution in [0.3, 0.4) is 0 Å². The molecule has 0 aliphatic carbocycles. The fourth-order valence-electron chi connectivity index (χ4n) is 2.96. The quantitative estimate of drug-likeness (QED) is 0.860. The fourth-order valence-corrected chi connectivity index (χ4v) is 2.96. The highest BCUT2D eigenvalue weighted by atomic mass is 16.5. The van der Waals surface area contributed by atoms with E-state index in [1.807, 2.05) is 12.4 Å². The molecule has 0 unspecified atom stereocenters. The van der Waals surface area contributed by atoms with E-state index in [0.29, 0.717) is 5.92 Å². The van der Waals surface area contributed by atoms with E-state index in [0.717, 1.165) is 19.6 Å². The number of pyridine rings is 1. The van der Waals surface area contributed by atoms with Gasteiger partial charge in [-0.05, 0) is 29.2 Å². The Labute approximate surface area is 132 Å². The minimum atomic E-state index is 0.157. The molecule has 1 aliphatic heterocycles. The predicted octanol–water partition coefficient (Wildman–Crippen LogP) is 3.68. The predicted molar refractivity (Wildman–Crippen MR) is 88.4 cm³/mol. The van der Waals surface area contributed by atoms with Crippen molar-refractivity contribution in [3.63, 3.8) is 0 Å². The average Bonchev–Trinajstić information content (AvgIpc) is 2.56. The third-order valence-electron chi connectivity index (χ3n) is 4.27. The largest absolute Gasteiger partial charge is 0.367 e. The van der Waals surface area contributed by atoms with Gasteiger partial charge in [0.25, 0.3) is 0 Å². The summed E-state index contributed by atoms with van der Waals surface area (Å²) in [7, 11) is 0. The molecule has 2 aromatic rings. The molecule has 2 heterocycles. The Morgan fingerprint density at radius 3 is 2.50 bits per heavy atom. The first-order chi connectivity index (χ1) is 10.7. The third-order valence-corrected chi connectivity index (χ3v) is 4.27. The summed E-state index contributed by atoms with van der Waals surface area (Å²) in [6.07, 6.45) is 4.17. The maximum absolute atomic E-state index is 6.35. The molecular weight excluding hydrogens is 272 g/mol. The van der Waals surface area contributed by atoms with Crippen molar-refractivity contribution in [1.29, 1.82) is 0 Å². The van der Waals surface area contributed by atoms with E-state index in [1.54, 1.807) is 0 Å². The van der Waals surface area contributed by atoms with Gasteiger partial charge in [-0.3, -0.25) is 9.88 Å². The van der Waals surface area contributed by atoms with Crippen LogP contribution >= 0.6 is 0 Å².